The molecule has 1 aromatic carbocycles. The summed E-state index contributed by atoms with van der Waals surface area (Å²) < 4.78 is 26.7. The van der Waals surface area contributed by atoms with Crippen molar-refractivity contribution in [2.75, 3.05) is 26.2 Å². The average Bonchev–Trinajstić information content (AvgIpc) is 2.78. The predicted molar refractivity (Wildman–Crippen MR) is 83.8 cm³/mol. The summed E-state index contributed by atoms with van der Waals surface area (Å²) in [6.07, 6.45) is 0. The molecule has 0 bridgehead atoms. The van der Waals surface area contributed by atoms with Gasteiger partial charge in [-0.2, -0.15) is 0 Å². The summed E-state index contributed by atoms with van der Waals surface area (Å²) >= 11 is 16.7. The third kappa shape index (κ3) is 3.73. The van der Waals surface area contributed by atoms with Crippen LogP contribution >= 0.6 is 35.4 Å². The highest BCUT2D eigenvalue weighted by Crippen LogP contribution is 2.24. The number of hydrogen-bond donors (Lipinski definition) is 2. The van der Waals surface area contributed by atoms with Crippen LogP contribution in [0.25, 0.3) is 0 Å². The van der Waals surface area contributed by atoms with Gasteiger partial charge in [-0.15, -0.1) is 0 Å². The first-order valence-corrected chi connectivity index (χ1v) is 8.52. The minimum Gasteiger partial charge on any atom is -0.361 e. The summed E-state index contributed by atoms with van der Waals surface area (Å²) in [5.74, 6) is 0. The molecule has 1 fully saturated rings. The third-order valence-electron chi connectivity index (χ3n) is 2.82. The first kappa shape index (κ1) is 15.8. The van der Waals surface area contributed by atoms with Gasteiger partial charge in [0, 0.05) is 26.2 Å². The van der Waals surface area contributed by atoms with E-state index < -0.39 is 10.0 Å². The van der Waals surface area contributed by atoms with Crippen LogP contribution in [0.4, 0.5) is 0 Å². The molecule has 2 rings (SSSR count). The average molecular weight is 354 g/mol. The lowest BCUT2D eigenvalue weighted by molar-refractivity contribution is 0.468. The van der Waals surface area contributed by atoms with Gasteiger partial charge in [0.15, 0.2) is 5.11 Å². The lowest BCUT2D eigenvalue weighted by atomic mass is 10.4. The molecule has 5 nitrogen and oxygen atoms in total. The Bertz CT molecular complexity index is 622. The van der Waals surface area contributed by atoms with Gasteiger partial charge in [0.2, 0.25) is 10.0 Å². The van der Waals surface area contributed by atoms with Crippen LogP contribution in [0, 0.1) is 0 Å². The highest BCUT2D eigenvalue weighted by molar-refractivity contribution is 7.89. The molecule has 110 valence electrons. The van der Waals surface area contributed by atoms with E-state index in [2.05, 4.69) is 10.0 Å². The van der Waals surface area contributed by atoms with Crippen LogP contribution in [0.1, 0.15) is 0 Å². The van der Waals surface area contributed by atoms with Crippen molar-refractivity contribution in [1.29, 1.82) is 0 Å². The number of hydrogen-bond acceptors (Lipinski definition) is 3. The van der Waals surface area contributed by atoms with Crippen molar-refractivity contribution < 1.29 is 8.42 Å². The maximum atomic E-state index is 12.1. The molecule has 9 heteroatoms. The van der Waals surface area contributed by atoms with Gasteiger partial charge in [-0.3, -0.25) is 0 Å². The van der Waals surface area contributed by atoms with Crippen molar-refractivity contribution >= 4 is 50.6 Å². The standard InChI is InChI=1S/C11H13Cl2N3O2S2/c12-9-2-1-8(7-10(9)13)20(17,18)15-4-6-16-5-3-14-11(16)19/h1-2,7,15H,3-6H2,(H,14,19). The summed E-state index contributed by atoms with van der Waals surface area (Å²) in [7, 11) is -3.59. The molecule has 0 radical (unpaired) electrons. The van der Waals surface area contributed by atoms with Crippen molar-refractivity contribution in [3.05, 3.63) is 28.2 Å². The third-order valence-corrected chi connectivity index (χ3v) is 5.42. The van der Waals surface area contributed by atoms with Gasteiger partial charge < -0.3 is 10.2 Å². The zero-order chi connectivity index (χ0) is 14.8. The molecule has 0 aliphatic carbocycles. The number of nitrogens with one attached hydrogen (secondary N) is 2. The van der Waals surface area contributed by atoms with Gasteiger partial charge >= 0.3 is 0 Å². The van der Waals surface area contributed by atoms with E-state index in [1.165, 1.54) is 18.2 Å². The van der Waals surface area contributed by atoms with E-state index in [0.29, 0.717) is 16.7 Å². The zero-order valence-corrected chi connectivity index (χ0v) is 13.5. The van der Waals surface area contributed by atoms with Gasteiger partial charge in [-0.05, 0) is 30.4 Å². The molecule has 0 unspecified atom stereocenters. The minimum atomic E-state index is -3.59. The normalized spacial score (nSPS) is 15.5. The second kappa shape index (κ2) is 6.44. The summed E-state index contributed by atoms with van der Waals surface area (Å²) in [6, 6.07) is 4.20. The number of sulfonamides is 1. The highest BCUT2D eigenvalue weighted by Gasteiger charge is 2.18. The quantitative estimate of drug-likeness (QED) is 0.784. The van der Waals surface area contributed by atoms with Crippen LogP contribution in [0.5, 0.6) is 0 Å². The van der Waals surface area contributed by atoms with Crippen molar-refractivity contribution in [3.8, 4) is 0 Å². The lowest BCUT2D eigenvalue weighted by Gasteiger charge is -2.16. The first-order valence-electron chi connectivity index (χ1n) is 5.87. The van der Waals surface area contributed by atoms with Crippen molar-refractivity contribution in [2.24, 2.45) is 0 Å². The van der Waals surface area contributed by atoms with Crippen molar-refractivity contribution in [1.82, 2.24) is 14.9 Å². The maximum absolute atomic E-state index is 12.1. The topological polar surface area (TPSA) is 61.4 Å². The Balaban J connectivity index is 1.96. The van der Waals surface area contributed by atoms with Crippen LogP contribution in [0.3, 0.4) is 0 Å². The smallest absolute Gasteiger partial charge is 0.240 e. The van der Waals surface area contributed by atoms with Crippen LogP contribution in [0.2, 0.25) is 10.0 Å². The number of nitrogens with zero attached hydrogens (tertiary/aromatic N) is 1. The molecule has 0 saturated carbocycles. The SMILES string of the molecule is O=S(=O)(NCCN1CCNC1=S)c1ccc(Cl)c(Cl)c1. The Morgan fingerprint density at radius 1 is 1.35 bits per heavy atom. The fourth-order valence-corrected chi connectivity index (χ4v) is 3.46. The molecule has 0 amide bonds. The molecule has 0 aromatic heterocycles. The largest absolute Gasteiger partial charge is 0.361 e. The molecule has 1 aliphatic heterocycles. The molecule has 0 atom stereocenters. The molecular weight excluding hydrogens is 341 g/mol. The van der Waals surface area contributed by atoms with Crippen LogP contribution < -0.4 is 10.0 Å². The van der Waals surface area contributed by atoms with Crippen molar-refractivity contribution in [2.45, 2.75) is 4.90 Å². The van der Waals surface area contributed by atoms with E-state index in [1.54, 1.807) is 0 Å². The van der Waals surface area contributed by atoms with E-state index in [-0.39, 0.29) is 16.5 Å². The number of thiocarbonyl (C=S) groups is 1. The van der Waals surface area contributed by atoms with E-state index >= 15 is 0 Å². The predicted octanol–water partition coefficient (Wildman–Crippen LogP) is 1.46. The van der Waals surface area contributed by atoms with Gasteiger partial charge in [-0.1, -0.05) is 23.2 Å². The summed E-state index contributed by atoms with van der Waals surface area (Å²) in [5.41, 5.74) is 0. The molecule has 1 heterocycles. The molecule has 1 saturated heterocycles. The Kier molecular flexibility index (Phi) is 5.09. The Hall–Kier alpha value is -0.600. The number of halogens is 2. The number of benzene rings is 1. The second-order valence-electron chi connectivity index (χ2n) is 4.19. The van der Waals surface area contributed by atoms with Crippen LogP contribution in [-0.2, 0) is 10.0 Å². The molecule has 1 aromatic rings. The monoisotopic (exact) mass is 353 g/mol. The summed E-state index contributed by atoms with van der Waals surface area (Å²) in [6.45, 7) is 2.36. The van der Waals surface area contributed by atoms with Gasteiger partial charge in [0.1, 0.15) is 0 Å². The highest BCUT2D eigenvalue weighted by atomic mass is 35.5. The maximum Gasteiger partial charge on any atom is 0.240 e. The zero-order valence-electron chi connectivity index (χ0n) is 10.4. The Morgan fingerprint density at radius 3 is 2.70 bits per heavy atom. The van der Waals surface area contributed by atoms with E-state index in [4.69, 9.17) is 35.4 Å². The molecule has 2 N–H and O–H groups in total. The van der Waals surface area contributed by atoms with Crippen LogP contribution in [0.15, 0.2) is 23.1 Å². The fourth-order valence-electron chi connectivity index (χ4n) is 1.77. The molecular formula is C11H13Cl2N3O2S2. The number of rotatable bonds is 5. The lowest BCUT2D eigenvalue weighted by Crippen LogP contribution is -2.36. The van der Waals surface area contributed by atoms with Crippen LogP contribution in [-0.4, -0.2) is 44.6 Å². The summed E-state index contributed by atoms with van der Waals surface area (Å²) in [5, 5.41) is 4.19. The molecule has 20 heavy (non-hydrogen) atoms. The second-order valence-corrected chi connectivity index (χ2v) is 7.16. The molecule has 0 spiro atoms. The Labute approximate surface area is 133 Å². The Morgan fingerprint density at radius 2 is 2.10 bits per heavy atom. The van der Waals surface area contributed by atoms with Crippen molar-refractivity contribution in [3.63, 3.8) is 0 Å². The van der Waals surface area contributed by atoms with Gasteiger partial charge in [-0.25, -0.2) is 13.1 Å². The first-order chi connectivity index (χ1) is 9.40. The van der Waals surface area contributed by atoms with E-state index in [1.807, 2.05) is 4.90 Å². The van der Waals surface area contributed by atoms with Gasteiger partial charge in [0.05, 0.1) is 14.9 Å². The van der Waals surface area contributed by atoms with Gasteiger partial charge in [0.25, 0.3) is 0 Å². The van der Waals surface area contributed by atoms with E-state index in [0.717, 1.165) is 13.1 Å². The fraction of sp³-hybridized carbons (Fsp3) is 0.364. The van der Waals surface area contributed by atoms with E-state index in [9.17, 15) is 8.42 Å². The summed E-state index contributed by atoms with van der Waals surface area (Å²) in [4.78, 5) is 2.00. The molecule has 1 aliphatic rings. The minimum absolute atomic E-state index is 0.0917.